The standard InChI is InChI=1S/C9H20N4O3.H2O/c1-6(14)5-13-7(8(15)16)3-2-4-12-9(10)11;/h6-7,13-14H,2-5H2,1H3,(H,15,16)(H4,10,11,12);1H2/t6?,7-;/m0./s1. The summed E-state index contributed by atoms with van der Waals surface area (Å²) in [6.45, 7) is 2.24. The Morgan fingerprint density at radius 1 is 1.47 bits per heavy atom. The highest BCUT2D eigenvalue weighted by Gasteiger charge is 2.16. The Labute approximate surface area is 100 Å². The molecule has 0 aromatic heterocycles. The SMILES string of the molecule is CC(O)CN[C@@H](CCCN=C(N)N)C(=O)O.O. The lowest BCUT2D eigenvalue weighted by Gasteiger charge is -2.14. The predicted octanol–water partition coefficient (Wildman–Crippen LogP) is -2.36. The normalized spacial score (nSPS) is 13.3. The number of nitrogens with two attached hydrogens (primary N) is 2. The lowest BCUT2D eigenvalue weighted by molar-refractivity contribution is -0.139. The van der Waals surface area contributed by atoms with Gasteiger partial charge in [-0.3, -0.25) is 9.79 Å². The van der Waals surface area contributed by atoms with Crippen molar-refractivity contribution in [3.63, 3.8) is 0 Å². The van der Waals surface area contributed by atoms with Crippen LogP contribution in [0.25, 0.3) is 0 Å². The highest BCUT2D eigenvalue weighted by atomic mass is 16.4. The Hall–Kier alpha value is -1.38. The van der Waals surface area contributed by atoms with Crippen molar-refractivity contribution < 1.29 is 20.5 Å². The monoisotopic (exact) mass is 250 g/mol. The number of carbonyl (C=O) groups is 1. The molecule has 0 amide bonds. The fourth-order valence-corrected chi connectivity index (χ4v) is 1.13. The molecule has 8 heteroatoms. The Morgan fingerprint density at radius 2 is 2.06 bits per heavy atom. The third-order valence-corrected chi connectivity index (χ3v) is 1.90. The van der Waals surface area contributed by atoms with Crippen molar-refractivity contribution in [3.8, 4) is 0 Å². The summed E-state index contributed by atoms with van der Waals surface area (Å²) in [6.07, 6.45) is 0.417. The molecule has 102 valence electrons. The van der Waals surface area contributed by atoms with Gasteiger partial charge in [0.25, 0.3) is 0 Å². The number of aliphatic carboxylic acids is 1. The number of guanidine groups is 1. The molecule has 0 heterocycles. The van der Waals surface area contributed by atoms with E-state index in [0.29, 0.717) is 19.4 Å². The van der Waals surface area contributed by atoms with E-state index in [1.807, 2.05) is 0 Å². The van der Waals surface area contributed by atoms with Crippen molar-refractivity contribution in [3.05, 3.63) is 0 Å². The van der Waals surface area contributed by atoms with Crippen LogP contribution in [0.5, 0.6) is 0 Å². The van der Waals surface area contributed by atoms with Crippen LogP contribution in [0.1, 0.15) is 19.8 Å². The second-order valence-electron chi connectivity index (χ2n) is 3.60. The van der Waals surface area contributed by atoms with Gasteiger partial charge in [0, 0.05) is 13.1 Å². The van der Waals surface area contributed by atoms with Gasteiger partial charge in [-0.2, -0.15) is 0 Å². The number of hydrogen-bond donors (Lipinski definition) is 5. The largest absolute Gasteiger partial charge is 0.480 e. The Kier molecular flexibility index (Phi) is 10.4. The molecule has 1 unspecified atom stereocenters. The summed E-state index contributed by atoms with van der Waals surface area (Å²) in [5.74, 6) is -0.936. The lowest BCUT2D eigenvalue weighted by Crippen LogP contribution is -2.40. The summed E-state index contributed by atoms with van der Waals surface area (Å²) in [5, 5.41) is 20.6. The highest BCUT2D eigenvalue weighted by Crippen LogP contribution is 1.98. The van der Waals surface area contributed by atoms with Crippen molar-refractivity contribution >= 4 is 11.9 Å². The molecular weight excluding hydrogens is 228 g/mol. The van der Waals surface area contributed by atoms with Crippen LogP contribution in [0.15, 0.2) is 4.99 Å². The van der Waals surface area contributed by atoms with E-state index >= 15 is 0 Å². The average molecular weight is 250 g/mol. The topological polar surface area (TPSA) is 165 Å². The van der Waals surface area contributed by atoms with Crippen LogP contribution < -0.4 is 16.8 Å². The number of nitrogens with zero attached hydrogens (tertiary/aromatic N) is 1. The molecule has 0 aliphatic carbocycles. The zero-order chi connectivity index (χ0) is 12.6. The van der Waals surface area contributed by atoms with Crippen molar-refractivity contribution in [2.24, 2.45) is 16.5 Å². The van der Waals surface area contributed by atoms with E-state index in [1.54, 1.807) is 6.92 Å². The summed E-state index contributed by atoms with van der Waals surface area (Å²) >= 11 is 0. The van der Waals surface area contributed by atoms with E-state index in [0.717, 1.165) is 0 Å². The lowest BCUT2D eigenvalue weighted by atomic mass is 10.1. The molecule has 0 spiro atoms. The number of aliphatic imine (C=N–C) groups is 1. The molecule has 0 aliphatic heterocycles. The molecule has 0 fully saturated rings. The van der Waals surface area contributed by atoms with Crippen LogP contribution in [-0.4, -0.2) is 52.9 Å². The Balaban J connectivity index is 0. The summed E-state index contributed by atoms with van der Waals surface area (Å²) in [7, 11) is 0. The number of carboxylic acids is 1. The second-order valence-corrected chi connectivity index (χ2v) is 3.60. The zero-order valence-electron chi connectivity index (χ0n) is 9.89. The first kappa shape index (κ1) is 18.0. The summed E-state index contributed by atoms with van der Waals surface area (Å²) in [5.41, 5.74) is 10.3. The maximum absolute atomic E-state index is 10.8. The summed E-state index contributed by atoms with van der Waals surface area (Å²) in [6, 6.07) is -0.677. The first-order valence-electron chi connectivity index (χ1n) is 5.13. The molecule has 2 atom stereocenters. The summed E-state index contributed by atoms with van der Waals surface area (Å²) in [4.78, 5) is 14.6. The van der Waals surface area contributed by atoms with Gasteiger partial charge >= 0.3 is 5.97 Å². The van der Waals surface area contributed by atoms with E-state index in [-0.39, 0.29) is 18.0 Å². The van der Waals surface area contributed by atoms with Gasteiger partial charge < -0.3 is 32.5 Å². The minimum Gasteiger partial charge on any atom is -0.480 e. The maximum atomic E-state index is 10.8. The molecule has 17 heavy (non-hydrogen) atoms. The fourth-order valence-electron chi connectivity index (χ4n) is 1.13. The maximum Gasteiger partial charge on any atom is 0.320 e. The van der Waals surface area contributed by atoms with Crippen LogP contribution >= 0.6 is 0 Å². The molecule has 0 saturated carbocycles. The molecule has 0 aromatic carbocycles. The molecule has 0 aliphatic rings. The van der Waals surface area contributed by atoms with E-state index in [2.05, 4.69) is 10.3 Å². The van der Waals surface area contributed by atoms with Crippen molar-refractivity contribution in [1.29, 1.82) is 0 Å². The third kappa shape index (κ3) is 10.9. The van der Waals surface area contributed by atoms with Gasteiger partial charge in [-0.15, -0.1) is 0 Å². The molecule has 0 radical (unpaired) electrons. The molecule has 0 rings (SSSR count). The van der Waals surface area contributed by atoms with E-state index in [9.17, 15) is 4.79 Å². The highest BCUT2D eigenvalue weighted by molar-refractivity contribution is 5.75. The second kappa shape index (κ2) is 9.82. The predicted molar refractivity (Wildman–Crippen MR) is 64.6 cm³/mol. The van der Waals surface area contributed by atoms with Crippen LogP contribution in [0.2, 0.25) is 0 Å². The van der Waals surface area contributed by atoms with Crippen LogP contribution in [0, 0.1) is 0 Å². The number of aliphatic hydroxyl groups is 1. The molecule has 8 nitrogen and oxygen atoms in total. The van der Waals surface area contributed by atoms with Gasteiger partial charge in [0.1, 0.15) is 6.04 Å². The first-order valence-corrected chi connectivity index (χ1v) is 5.13. The third-order valence-electron chi connectivity index (χ3n) is 1.90. The van der Waals surface area contributed by atoms with E-state index in [1.165, 1.54) is 0 Å². The quantitative estimate of drug-likeness (QED) is 0.183. The van der Waals surface area contributed by atoms with Crippen molar-refractivity contribution in [2.75, 3.05) is 13.1 Å². The van der Waals surface area contributed by atoms with Crippen molar-refractivity contribution in [1.82, 2.24) is 5.32 Å². The Morgan fingerprint density at radius 3 is 2.47 bits per heavy atom. The van der Waals surface area contributed by atoms with Crippen LogP contribution in [0.3, 0.4) is 0 Å². The number of carboxylic acid groups (broad SMARTS) is 1. The van der Waals surface area contributed by atoms with Gasteiger partial charge in [-0.05, 0) is 19.8 Å². The number of nitrogens with one attached hydrogen (secondary N) is 1. The van der Waals surface area contributed by atoms with Crippen LogP contribution in [0.4, 0.5) is 0 Å². The van der Waals surface area contributed by atoms with E-state index in [4.69, 9.17) is 21.7 Å². The van der Waals surface area contributed by atoms with Crippen LogP contribution in [-0.2, 0) is 4.79 Å². The van der Waals surface area contributed by atoms with Gasteiger partial charge in [0.2, 0.25) is 0 Å². The molecule has 9 N–H and O–H groups in total. The van der Waals surface area contributed by atoms with Gasteiger partial charge in [-0.25, -0.2) is 0 Å². The minimum absolute atomic E-state index is 0. The van der Waals surface area contributed by atoms with Crippen molar-refractivity contribution in [2.45, 2.75) is 31.9 Å². The number of aliphatic hydroxyl groups excluding tert-OH is 1. The smallest absolute Gasteiger partial charge is 0.320 e. The zero-order valence-corrected chi connectivity index (χ0v) is 9.89. The molecule has 0 saturated heterocycles. The van der Waals surface area contributed by atoms with E-state index < -0.39 is 18.1 Å². The van der Waals surface area contributed by atoms with Gasteiger partial charge in [-0.1, -0.05) is 0 Å². The molecule has 0 aromatic rings. The Bertz CT molecular complexity index is 241. The fraction of sp³-hybridized carbons (Fsp3) is 0.778. The average Bonchev–Trinajstić information content (AvgIpc) is 2.15. The molecular formula is C9H22N4O4. The minimum atomic E-state index is -0.939. The first-order chi connectivity index (χ1) is 7.43. The number of hydrogen-bond acceptors (Lipinski definition) is 4. The molecule has 0 bridgehead atoms. The number of rotatable bonds is 8. The summed E-state index contributed by atoms with van der Waals surface area (Å²) < 4.78 is 0. The van der Waals surface area contributed by atoms with Gasteiger partial charge in [0.15, 0.2) is 5.96 Å². The van der Waals surface area contributed by atoms with Gasteiger partial charge in [0.05, 0.1) is 6.10 Å².